The fraction of sp³-hybridized carbons (Fsp3) is 0.333. The maximum atomic E-state index is 13.5. The Morgan fingerprint density at radius 1 is 1.10 bits per heavy atom. The van der Waals surface area contributed by atoms with Gasteiger partial charge in [0.1, 0.15) is 6.33 Å². The molecule has 2 heterocycles. The van der Waals surface area contributed by atoms with Crippen LogP contribution in [0.3, 0.4) is 0 Å². The van der Waals surface area contributed by atoms with Crippen LogP contribution < -0.4 is 9.47 Å². The van der Waals surface area contributed by atoms with E-state index < -0.39 is 0 Å². The van der Waals surface area contributed by atoms with Gasteiger partial charge in [0.05, 0.1) is 5.69 Å². The average Bonchev–Trinajstić information content (AvgIpc) is 3.53. The summed E-state index contributed by atoms with van der Waals surface area (Å²) in [5.41, 5.74) is 2.42. The number of amides is 1. The summed E-state index contributed by atoms with van der Waals surface area (Å²) < 4.78 is 12.5. The molecule has 0 radical (unpaired) electrons. The third-order valence-electron chi connectivity index (χ3n) is 5.52. The first-order valence-corrected chi connectivity index (χ1v) is 9.81. The van der Waals surface area contributed by atoms with Gasteiger partial charge in [-0.05, 0) is 59.2 Å². The number of carbonyl (C=O) groups excluding carboxylic acids is 1. The van der Waals surface area contributed by atoms with Crippen LogP contribution in [0.15, 0.2) is 48.8 Å². The highest BCUT2D eigenvalue weighted by molar-refractivity contribution is 5.95. The molecule has 0 unspecified atom stereocenters. The van der Waals surface area contributed by atoms with Gasteiger partial charge in [0.2, 0.25) is 6.79 Å². The highest BCUT2D eigenvalue weighted by Gasteiger charge is 2.28. The van der Waals surface area contributed by atoms with Crippen LogP contribution >= 0.6 is 0 Å². The predicted octanol–water partition coefficient (Wildman–Crippen LogP) is 2.98. The summed E-state index contributed by atoms with van der Waals surface area (Å²) >= 11 is 0. The molecule has 0 bridgehead atoms. The predicted molar refractivity (Wildman–Crippen MR) is 104 cm³/mol. The molecule has 1 amide bonds. The van der Waals surface area contributed by atoms with Crippen LogP contribution in [0, 0.1) is 0 Å². The normalized spacial score (nSPS) is 15.6. The van der Waals surface area contributed by atoms with E-state index in [0.29, 0.717) is 12.1 Å². The van der Waals surface area contributed by atoms with E-state index in [-0.39, 0.29) is 18.7 Å². The average molecular weight is 391 g/mol. The van der Waals surface area contributed by atoms with Gasteiger partial charge in [-0.2, -0.15) is 0 Å². The molecule has 2 aliphatic rings. The van der Waals surface area contributed by atoms with E-state index in [9.17, 15) is 4.79 Å². The number of nitrogens with zero attached hydrogens (tertiary/aromatic N) is 5. The topological polar surface area (TPSA) is 82.4 Å². The summed E-state index contributed by atoms with van der Waals surface area (Å²) in [7, 11) is 0. The lowest BCUT2D eigenvalue weighted by atomic mass is 10.1. The minimum absolute atomic E-state index is 0.0180. The van der Waals surface area contributed by atoms with Crippen molar-refractivity contribution in [3.8, 4) is 17.2 Å². The molecule has 2 aromatic carbocycles. The van der Waals surface area contributed by atoms with E-state index in [1.165, 1.54) is 6.33 Å². The first-order chi connectivity index (χ1) is 14.3. The van der Waals surface area contributed by atoms with Gasteiger partial charge in [-0.3, -0.25) is 4.79 Å². The van der Waals surface area contributed by atoms with E-state index in [4.69, 9.17) is 9.47 Å². The maximum Gasteiger partial charge on any atom is 0.254 e. The third-order valence-corrected chi connectivity index (χ3v) is 5.52. The molecule has 0 atom stereocenters. The first kappa shape index (κ1) is 17.7. The van der Waals surface area contributed by atoms with Gasteiger partial charge in [-0.25, -0.2) is 4.68 Å². The van der Waals surface area contributed by atoms with Crippen molar-refractivity contribution in [1.82, 2.24) is 25.1 Å². The van der Waals surface area contributed by atoms with Crippen molar-refractivity contribution in [2.75, 3.05) is 6.79 Å². The summed E-state index contributed by atoms with van der Waals surface area (Å²) in [6, 6.07) is 13.5. The number of tetrazole rings is 1. The van der Waals surface area contributed by atoms with Gasteiger partial charge in [0, 0.05) is 18.2 Å². The highest BCUT2D eigenvalue weighted by atomic mass is 16.7. The highest BCUT2D eigenvalue weighted by Crippen LogP contribution is 2.34. The van der Waals surface area contributed by atoms with Gasteiger partial charge >= 0.3 is 0 Å². The summed E-state index contributed by atoms with van der Waals surface area (Å²) in [5.74, 6) is 1.51. The molecule has 5 rings (SSSR count). The fourth-order valence-electron chi connectivity index (χ4n) is 4.05. The minimum atomic E-state index is 0.0180. The Morgan fingerprint density at radius 3 is 2.79 bits per heavy atom. The lowest BCUT2D eigenvalue weighted by molar-refractivity contribution is 0.0664. The molecule has 1 aliphatic carbocycles. The zero-order valence-corrected chi connectivity index (χ0v) is 15.9. The molecule has 1 saturated carbocycles. The second-order valence-corrected chi connectivity index (χ2v) is 7.36. The second kappa shape index (κ2) is 7.54. The number of aromatic nitrogens is 4. The lowest BCUT2D eigenvalue weighted by Gasteiger charge is -2.29. The molecule has 1 aliphatic heterocycles. The molecule has 8 nitrogen and oxygen atoms in total. The van der Waals surface area contributed by atoms with Gasteiger partial charge in [0.25, 0.3) is 5.91 Å². The number of benzene rings is 2. The lowest BCUT2D eigenvalue weighted by Crippen LogP contribution is -2.38. The van der Waals surface area contributed by atoms with Crippen LogP contribution in [-0.4, -0.2) is 43.8 Å². The Labute approximate surface area is 168 Å². The molecule has 8 heteroatoms. The standard InChI is InChI=1S/C21H21N5O3/c27-21(16-4-3-7-18(11-16)26-13-22-23-24-26)25(17-5-1-2-6-17)12-15-8-9-19-20(10-15)29-14-28-19/h3-4,7-11,13,17H,1-2,5-6,12,14H2. The molecular formula is C21H21N5O3. The number of carbonyl (C=O) groups is 1. The molecule has 1 fully saturated rings. The number of hydrogen-bond acceptors (Lipinski definition) is 6. The summed E-state index contributed by atoms with van der Waals surface area (Å²) in [6.07, 6.45) is 5.89. The second-order valence-electron chi connectivity index (χ2n) is 7.36. The van der Waals surface area contributed by atoms with Crippen LogP contribution in [0.1, 0.15) is 41.6 Å². The quantitative estimate of drug-likeness (QED) is 0.665. The molecule has 3 aromatic rings. The zero-order valence-electron chi connectivity index (χ0n) is 15.9. The third kappa shape index (κ3) is 3.53. The van der Waals surface area contributed by atoms with Crippen molar-refractivity contribution >= 4 is 5.91 Å². The van der Waals surface area contributed by atoms with Gasteiger partial charge in [-0.15, -0.1) is 5.10 Å². The number of fused-ring (bicyclic) bond motifs is 1. The van der Waals surface area contributed by atoms with Crippen molar-refractivity contribution in [3.63, 3.8) is 0 Å². The van der Waals surface area contributed by atoms with Crippen LogP contribution in [0.25, 0.3) is 5.69 Å². The van der Waals surface area contributed by atoms with Gasteiger partial charge in [0.15, 0.2) is 11.5 Å². The van der Waals surface area contributed by atoms with Gasteiger partial charge in [-0.1, -0.05) is 25.0 Å². The number of hydrogen-bond donors (Lipinski definition) is 0. The molecule has 0 N–H and O–H groups in total. The molecule has 0 spiro atoms. The van der Waals surface area contributed by atoms with Crippen LogP contribution in [0.5, 0.6) is 11.5 Å². The van der Waals surface area contributed by atoms with E-state index in [1.807, 2.05) is 47.4 Å². The van der Waals surface area contributed by atoms with Crippen LogP contribution in [0.2, 0.25) is 0 Å². The maximum absolute atomic E-state index is 13.5. The summed E-state index contributed by atoms with van der Waals surface area (Å²) in [5, 5.41) is 11.3. The largest absolute Gasteiger partial charge is 0.454 e. The summed E-state index contributed by atoms with van der Waals surface area (Å²) in [6.45, 7) is 0.781. The summed E-state index contributed by atoms with van der Waals surface area (Å²) in [4.78, 5) is 15.5. The van der Waals surface area contributed by atoms with E-state index in [0.717, 1.165) is 48.4 Å². The van der Waals surface area contributed by atoms with Crippen molar-refractivity contribution in [2.24, 2.45) is 0 Å². The monoisotopic (exact) mass is 391 g/mol. The fourth-order valence-corrected chi connectivity index (χ4v) is 4.05. The van der Waals surface area contributed by atoms with Crippen molar-refractivity contribution in [1.29, 1.82) is 0 Å². The van der Waals surface area contributed by atoms with E-state index in [1.54, 1.807) is 4.68 Å². The van der Waals surface area contributed by atoms with E-state index in [2.05, 4.69) is 15.5 Å². The molecule has 0 saturated heterocycles. The molecule has 148 valence electrons. The Bertz CT molecular complexity index is 1010. The van der Waals surface area contributed by atoms with Crippen molar-refractivity contribution in [3.05, 3.63) is 59.9 Å². The molecular weight excluding hydrogens is 370 g/mol. The zero-order chi connectivity index (χ0) is 19.6. The minimum Gasteiger partial charge on any atom is -0.454 e. The Morgan fingerprint density at radius 2 is 1.97 bits per heavy atom. The van der Waals surface area contributed by atoms with Crippen LogP contribution in [0.4, 0.5) is 0 Å². The van der Waals surface area contributed by atoms with Crippen molar-refractivity contribution < 1.29 is 14.3 Å². The first-order valence-electron chi connectivity index (χ1n) is 9.81. The smallest absolute Gasteiger partial charge is 0.254 e. The SMILES string of the molecule is O=C(c1cccc(-n2cnnn2)c1)N(Cc1ccc2c(c1)OCO2)C1CCCC1. The number of ether oxygens (including phenoxy) is 2. The Balaban J connectivity index is 1.44. The Hall–Kier alpha value is -3.42. The molecule has 1 aromatic heterocycles. The van der Waals surface area contributed by atoms with Crippen LogP contribution in [-0.2, 0) is 6.54 Å². The van der Waals surface area contributed by atoms with Gasteiger partial charge < -0.3 is 14.4 Å². The Kier molecular flexibility index (Phi) is 4.59. The number of rotatable bonds is 5. The van der Waals surface area contributed by atoms with Crippen molar-refractivity contribution in [2.45, 2.75) is 38.3 Å². The van der Waals surface area contributed by atoms with E-state index >= 15 is 0 Å². The molecule has 29 heavy (non-hydrogen) atoms.